The van der Waals surface area contributed by atoms with Crippen molar-refractivity contribution in [1.29, 1.82) is 0 Å². The molecular formula is C13H17Cl2NO6. The number of aliphatic hydroxyl groups excluding tert-OH is 1. The van der Waals surface area contributed by atoms with Crippen LogP contribution in [0.3, 0.4) is 0 Å². The van der Waals surface area contributed by atoms with Gasteiger partial charge in [0.1, 0.15) is 0 Å². The summed E-state index contributed by atoms with van der Waals surface area (Å²) < 4.78 is 5.10. The van der Waals surface area contributed by atoms with Crippen LogP contribution in [0.15, 0.2) is 18.2 Å². The Bertz CT molecular complexity index is 472. The summed E-state index contributed by atoms with van der Waals surface area (Å²) in [5, 5.41) is 27.8. The molecule has 4 N–H and O–H groups in total. The number of aliphatic hydroxyl groups is 1. The molecule has 0 saturated heterocycles. The number of carboxylic acids is 2. The number of hydrogen-bond donors (Lipinski definition) is 4. The van der Waals surface area contributed by atoms with Gasteiger partial charge < -0.3 is 25.4 Å². The molecule has 0 spiro atoms. The number of nitrogens with one attached hydrogen (secondary N) is 1. The number of aliphatic carboxylic acids is 2. The first kappa shape index (κ1) is 20.6. The van der Waals surface area contributed by atoms with E-state index in [1.807, 2.05) is 12.1 Å². The van der Waals surface area contributed by atoms with Gasteiger partial charge in [0.15, 0.2) is 0 Å². The third-order valence-electron chi connectivity index (χ3n) is 2.17. The highest BCUT2D eigenvalue weighted by Crippen LogP contribution is 2.20. The van der Waals surface area contributed by atoms with E-state index in [9.17, 15) is 0 Å². The second kappa shape index (κ2) is 12.2. The summed E-state index contributed by atoms with van der Waals surface area (Å²) in [5.74, 6) is -3.65. The van der Waals surface area contributed by atoms with Crippen LogP contribution in [0.1, 0.15) is 5.56 Å². The molecule has 1 rings (SSSR count). The SMILES string of the molecule is O=C(O)C(=O)O.OCCOCCNCc1ccc(Cl)cc1Cl. The largest absolute Gasteiger partial charge is 0.473 e. The van der Waals surface area contributed by atoms with Crippen LogP contribution in [-0.2, 0) is 20.9 Å². The summed E-state index contributed by atoms with van der Waals surface area (Å²) >= 11 is 11.8. The molecule has 1 aromatic rings. The lowest BCUT2D eigenvalue weighted by Crippen LogP contribution is -2.20. The van der Waals surface area contributed by atoms with Crippen molar-refractivity contribution in [2.24, 2.45) is 0 Å². The van der Waals surface area contributed by atoms with Gasteiger partial charge in [-0.1, -0.05) is 29.3 Å². The fourth-order valence-corrected chi connectivity index (χ4v) is 1.67. The van der Waals surface area contributed by atoms with E-state index in [-0.39, 0.29) is 6.61 Å². The van der Waals surface area contributed by atoms with Crippen LogP contribution >= 0.6 is 23.2 Å². The number of ether oxygens (including phenoxy) is 1. The van der Waals surface area contributed by atoms with Crippen molar-refractivity contribution in [2.75, 3.05) is 26.4 Å². The quantitative estimate of drug-likeness (QED) is 0.430. The second-order valence-electron chi connectivity index (χ2n) is 3.86. The molecule has 0 unspecified atom stereocenters. The highest BCUT2D eigenvalue weighted by molar-refractivity contribution is 6.35. The number of carbonyl (C=O) groups is 2. The number of rotatable bonds is 7. The average molecular weight is 354 g/mol. The molecular weight excluding hydrogens is 337 g/mol. The van der Waals surface area contributed by atoms with Crippen molar-refractivity contribution in [1.82, 2.24) is 5.32 Å². The lowest BCUT2D eigenvalue weighted by atomic mass is 10.2. The Morgan fingerprint density at radius 3 is 2.27 bits per heavy atom. The number of halogens is 2. The molecule has 0 bridgehead atoms. The summed E-state index contributed by atoms with van der Waals surface area (Å²) in [7, 11) is 0. The highest BCUT2D eigenvalue weighted by atomic mass is 35.5. The Labute approximate surface area is 137 Å². The molecule has 0 radical (unpaired) electrons. The summed E-state index contributed by atoms with van der Waals surface area (Å²) in [6.07, 6.45) is 0. The van der Waals surface area contributed by atoms with E-state index in [0.717, 1.165) is 12.1 Å². The van der Waals surface area contributed by atoms with Crippen LogP contribution in [0.5, 0.6) is 0 Å². The molecule has 0 fully saturated rings. The Kier molecular flexibility index (Phi) is 11.4. The number of hydrogen-bond acceptors (Lipinski definition) is 5. The van der Waals surface area contributed by atoms with Gasteiger partial charge in [-0.2, -0.15) is 0 Å². The molecule has 0 atom stereocenters. The van der Waals surface area contributed by atoms with Gasteiger partial charge in [-0.05, 0) is 17.7 Å². The third-order valence-corrected chi connectivity index (χ3v) is 2.76. The molecule has 7 nitrogen and oxygen atoms in total. The maximum absolute atomic E-state index is 9.10. The molecule has 0 aliphatic heterocycles. The van der Waals surface area contributed by atoms with Crippen LogP contribution in [0.4, 0.5) is 0 Å². The van der Waals surface area contributed by atoms with Crippen molar-refractivity contribution in [2.45, 2.75) is 6.54 Å². The Hall–Kier alpha value is -1.38. The summed E-state index contributed by atoms with van der Waals surface area (Å²) in [6.45, 7) is 2.41. The predicted octanol–water partition coefficient (Wildman–Crippen LogP) is 1.25. The topological polar surface area (TPSA) is 116 Å². The average Bonchev–Trinajstić information content (AvgIpc) is 2.45. The van der Waals surface area contributed by atoms with Crippen LogP contribution in [0.2, 0.25) is 10.0 Å². The minimum atomic E-state index is -1.82. The van der Waals surface area contributed by atoms with Crippen molar-refractivity contribution in [3.63, 3.8) is 0 Å². The third kappa shape index (κ3) is 10.4. The van der Waals surface area contributed by atoms with E-state index < -0.39 is 11.9 Å². The zero-order valence-electron chi connectivity index (χ0n) is 11.6. The minimum absolute atomic E-state index is 0.0585. The van der Waals surface area contributed by atoms with Crippen LogP contribution in [-0.4, -0.2) is 53.6 Å². The zero-order chi connectivity index (χ0) is 17.0. The maximum atomic E-state index is 9.10. The van der Waals surface area contributed by atoms with Gasteiger partial charge >= 0.3 is 11.9 Å². The fourth-order valence-electron chi connectivity index (χ4n) is 1.20. The summed E-state index contributed by atoms with van der Waals surface area (Å²) in [6, 6.07) is 5.43. The smallest absolute Gasteiger partial charge is 0.414 e. The first-order valence-corrected chi connectivity index (χ1v) is 6.93. The Morgan fingerprint density at radius 1 is 1.14 bits per heavy atom. The summed E-state index contributed by atoms with van der Waals surface area (Å²) in [5.41, 5.74) is 1.01. The van der Waals surface area contributed by atoms with Crippen molar-refractivity contribution < 1.29 is 29.6 Å². The number of benzene rings is 1. The lowest BCUT2D eigenvalue weighted by molar-refractivity contribution is -0.159. The molecule has 0 aromatic heterocycles. The monoisotopic (exact) mass is 353 g/mol. The van der Waals surface area contributed by atoms with E-state index in [4.69, 9.17) is 52.8 Å². The maximum Gasteiger partial charge on any atom is 0.414 e. The van der Waals surface area contributed by atoms with Crippen molar-refractivity contribution in [3.8, 4) is 0 Å². The van der Waals surface area contributed by atoms with Crippen LogP contribution < -0.4 is 5.32 Å². The lowest BCUT2D eigenvalue weighted by Gasteiger charge is -2.07. The van der Waals surface area contributed by atoms with E-state index in [0.29, 0.717) is 29.8 Å². The van der Waals surface area contributed by atoms with E-state index in [1.165, 1.54) is 0 Å². The molecule has 0 aliphatic carbocycles. The van der Waals surface area contributed by atoms with Crippen LogP contribution in [0, 0.1) is 0 Å². The molecule has 9 heteroatoms. The molecule has 0 saturated carbocycles. The minimum Gasteiger partial charge on any atom is -0.473 e. The predicted molar refractivity (Wildman–Crippen MR) is 81.3 cm³/mol. The molecule has 0 heterocycles. The van der Waals surface area contributed by atoms with Gasteiger partial charge in [0.25, 0.3) is 0 Å². The molecule has 0 amide bonds. The number of carboxylic acid groups (broad SMARTS) is 2. The van der Waals surface area contributed by atoms with Gasteiger partial charge in [0, 0.05) is 23.1 Å². The summed E-state index contributed by atoms with van der Waals surface area (Å²) in [4.78, 5) is 18.2. The van der Waals surface area contributed by atoms with E-state index >= 15 is 0 Å². The first-order valence-electron chi connectivity index (χ1n) is 6.18. The molecule has 22 heavy (non-hydrogen) atoms. The molecule has 1 aromatic carbocycles. The Balaban J connectivity index is 0.000000626. The molecule has 0 aliphatic rings. The van der Waals surface area contributed by atoms with E-state index in [1.54, 1.807) is 6.07 Å². The second-order valence-corrected chi connectivity index (χ2v) is 4.70. The van der Waals surface area contributed by atoms with Gasteiger partial charge in [-0.15, -0.1) is 0 Å². The van der Waals surface area contributed by atoms with Gasteiger partial charge in [-0.3, -0.25) is 0 Å². The van der Waals surface area contributed by atoms with Crippen molar-refractivity contribution >= 4 is 35.1 Å². The standard InChI is InChI=1S/C11H15Cl2NO2.C2H2O4/c12-10-2-1-9(11(13)7-10)8-14-3-5-16-6-4-15;3-1(4)2(5)6/h1-2,7,14-15H,3-6,8H2;(H,3,4)(H,5,6). The highest BCUT2D eigenvalue weighted by Gasteiger charge is 2.04. The zero-order valence-corrected chi connectivity index (χ0v) is 13.1. The van der Waals surface area contributed by atoms with E-state index in [2.05, 4.69) is 5.32 Å². The van der Waals surface area contributed by atoms with Gasteiger partial charge in [0.05, 0.1) is 19.8 Å². The van der Waals surface area contributed by atoms with Crippen molar-refractivity contribution in [3.05, 3.63) is 33.8 Å². The molecule has 124 valence electrons. The van der Waals surface area contributed by atoms with Gasteiger partial charge in [-0.25, -0.2) is 9.59 Å². The van der Waals surface area contributed by atoms with Crippen LogP contribution in [0.25, 0.3) is 0 Å². The Morgan fingerprint density at radius 2 is 1.77 bits per heavy atom. The fraction of sp³-hybridized carbons (Fsp3) is 0.385. The first-order chi connectivity index (χ1) is 10.4. The van der Waals surface area contributed by atoms with Gasteiger partial charge in [0.2, 0.25) is 0 Å². The normalized spacial score (nSPS) is 9.77.